The van der Waals surface area contributed by atoms with Crippen LogP contribution in [0.5, 0.6) is 0 Å². The van der Waals surface area contributed by atoms with Crippen LogP contribution in [0.1, 0.15) is 12.8 Å². The summed E-state index contributed by atoms with van der Waals surface area (Å²) in [5.74, 6) is 0. The van der Waals surface area contributed by atoms with Gasteiger partial charge in [0.15, 0.2) is 0 Å². The van der Waals surface area contributed by atoms with Gasteiger partial charge in [0.25, 0.3) is 0 Å². The molecule has 0 aliphatic carbocycles. The van der Waals surface area contributed by atoms with Gasteiger partial charge in [0.05, 0.1) is 12.8 Å². The van der Waals surface area contributed by atoms with Gasteiger partial charge in [-0.15, -0.1) is 0 Å². The van der Waals surface area contributed by atoms with Gasteiger partial charge in [-0.3, -0.25) is 4.90 Å². The summed E-state index contributed by atoms with van der Waals surface area (Å²) >= 11 is 0. The summed E-state index contributed by atoms with van der Waals surface area (Å²) < 4.78 is 0. The van der Waals surface area contributed by atoms with Gasteiger partial charge in [-0.2, -0.15) is 0 Å². The zero-order chi connectivity index (χ0) is 7.40. The SMILES string of the molecule is CN[C@H]1CCCN1CCO. The Bertz CT molecular complexity index is 97.6. The van der Waals surface area contributed by atoms with E-state index in [1.54, 1.807) is 0 Å². The van der Waals surface area contributed by atoms with Crippen LogP contribution in [0.25, 0.3) is 0 Å². The van der Waals surface area contributed by atoms with Gasteiger partial charge in [-0.1, -0.05) is 0 Å². The lowest BCUT2D eigenvalue weighted by atomic mass is 10.3. The van der Waals surface area contributed by atoms with Crippen molar-refractivity contribution in [2.45, 2.75) is 19.0 Å². The van der Waals surface area contributed by atoms with Crippen LogP contribution in [0.3, 0.4) is 0 Å². The van der Waals surface area contributed by atoms with Crippen LogP contribution >= 0.6 is 0 Å². The minimum absolute atomic E-state index is 0.276. The van der Waals surface area contributed by atoms with E-state index in [4.69, 9.17) is 5.11 Å². The van der Waals surface area contributed by atoms with E-state index in [9.17, 15) is 0 Å². The lowest BCUT2D eigenvalue weighted by Crippen LogP contribution is -2.40. The minimum atomic E-state index is 0.276. The maximum atomic E-state index is 8.67. The molecule has 60 valence electrons. The van der Waals surface area contributed by atoms with Crippen LogP contribution in [0.15, 0.2) is 0 Å². The van der Waals surface area contributed by atoms with Crippen LogP contribution in [-0.2, 0) is 0 Å². The van der Waals surface area contributed by atoms with E-state index in [1.807, 2.05) is 7.05 Å². The quantitative estimate of drug-likeness (QED) is 0.567. The molecule has 3 heteroatoms. The lowest BCUT2D eigenvalue weighted by Gasteiger charge is -2.22. The van der Waals surface area contributed by atoms with E-state index < -0.39 is 0 Å². The molecule has 1 heterocycles. The van der Waals surface area contributed by atoms with Gasteiger partial charge < -0.3 is 10.4 Å². The van der Waals surface area contributed by atoms with Crippen LogP contribution in [0, 0.1) is 0 Å². The highest BCUT2D eigenvalue weighted by molar-refractivity contribution is 4.75. The number of nitrogens with one attached hydrogen (secondary N) is 1. The number of likely N-dealkylation sites (tertiary alicyclic amines) is 1. The largest absolute Gasteiger partial charge is 0.395 e. The van der Waals surface area contributed by atoms with Crippen molar-refractivity contribution in [2.24, 2.45) is 0 Å². The second-order valence-corrected chi connectivity index (χ2v) is 2.71. The second kappa shape index (κ2) is 3.91. The van der Waals surface area contributed by atoms with Crippen molar-refractivity contribution in [1.29, 1.82) is 0 Å². The third-order valence-electron chi connectivity index (χ3n) is 2.08. The highest BCUT2D eigenvalue weighted by atomic mass is 16.3. The molecule has 0 aromatic carbocycles. The molecule has 1 fully saturated rings. The van der Waals surface area contributed by atoms with Crippen LogP contribution in [0.4, 0.5) is 0 Å². The molecule has 0 amide bonds. The van der Waals surface area contributed by atoms with Gasteiger partial charge in [0, 0.05) is 6.54 Å². The molecule has 0 aromatic heterocycles. The second-order valence-electron chi connectivity index (χ2n) is 2.71. The van der Waals surface area contributed by atoms with E-state index in [0.29, 0.717) is 6.17 Å². The summed E-state index contributed by atoms with van der Waals surface area (Å²) in [6, 6.07) is 0. The Hall–Kier alpha value is -0.120. The predicted molar refractivity (Wildman–Crippen MR) is 40.7 cm³/mol. The van der Waals surface area contributed by atoms with Crippen molar-refractivity contribution in [2.75, 3.05) is 26.7 Å². The van der Waals surface area contributed by atoms with Crippen LogP contribution < -0.4 is 5.32 Å². The van der Waals surface area contributed by atoms with Crippen molar-refractivity contribution in [3.63, 3.8) is 0 Å². The fourth-order valence-electron chi connectivity index (χ4n) is 1.55. The van der Waals surface area contributed by atoms with Crippen molar-refractivity contribution in [3.05, 3.63) is 0 Å². The first-order valence-corrected chi connectivity index (χ1v) is 3.90. The number of nitrogens with zero attached hydrogens (tertiary/aromatic N) is 1. The molecule has 1 rings (SSSR count). The molecule has 1 aliphatic rings. The molecule has 2 N–H and O–H groups in total. The molecule has 0 radical (unpaired) electrons. The molecule has 1 saturated heterocycles. The van der Waals surface area contributed by atoms with Gasteiger partial charge in [-0.25, -0.2) is 0 Å². The molecule has 0 aromatic rings. The van der Waals surface area contributed by atoms with Crippen molar-refractivity contribution in [3.8, 4) is 0 Å². The van der Waals surface area contributed by atoms with Crippen LogP contribution in [0.2, 0.25) is 0 Å². The maximum Gasteiger partial charge on any atom is 0.0595 e. The molecule has 0 saturated carbocycles. The standard InChI is InChI=1S/C7H16N2O/c1-8-7-3-2-4-9(7)5-6-10/h7-8,10H,2-6H2,1H3/t7-/m1/s1. The number of hydrogen-bond acceptors (Lipinski definition) is 3. The summed E-state index contributed by atoms with van der Waals surface area (Å²) in [6.45, 7) is 2.22. The molecule has 0 spiro atoms. The Kier molecular flexibility index (Phi) is 3.12. The van der Waals surface area contributed by atoms with Crippen LogP contribution in [-0.4, -0.2) is 42.9 Å². The summed E-state index contributed by atoms with van der Waals surface area (Å²) in [7, 11) is 1.97. The van der Waals surface area contributed by atoms with E-state index in [1.165, 1.54) is 12.8 Å². The summed E-state index contributed by atoms with van der Waals surface area (Å²) in [6.07, 6.45) is 2.98. The molecule has 10 heavy (non-hydrogen) atoms. The zero-order valence-corrected chi connectivity index (χ0v) is 6.51. The van der Waals surface area contributed by atoms with E-state index in [-0.39, 0.29) is 6.61 Å². The minimum Gasteiger partial charge on any atom is -0.395 e. The third-order valence-corrected chi connectivity index (χ3v) is 2.08. The average molecular weight is 144 g/mol. The molecular weight excluding hydrogens is 128 g/mol. The molecular formula is C7H16N2O. The summed E-state index contributed by atoms with van der Waals surface area (Å²) in [4.78, 5) is 2.28. The zero-order valence-electron chi connectivity index (χ0n) is 6.51. The number of aliphatic hydroxyl groups is 1. The Morgan fingerprint density at radius 1 is 1.70 bits per heavy atom. The predicted octanol–water partition coefficient (Wildman–Crippen LogP) is -0.380. The first-order chi connectivity index (χ1) is 4.88. The average Bonchev–Trinajstić information content (AvgIpc) is 2.36. The van der Waals surface area contributed by atoms with E-state index in [0.717, 1.165) is 13.1 Å². The van der Waals surface area contributed by atoms with Crippen molar-refractivity contribution < 1.29 is 5.11 Å². The van der Waals surface area contributed by atoms with Crippen molar-refractivity contribution in [1.82, 2.24) is 10.2 Å². The first-order valence-electron chi connectivity index (χ1n) is 3.90. The van der Waals surface area contributed by atoms with Gasteiger partial charge in [-0.05, 0) is 26.4 Å². The summed E-state index contributed by atoms with van der Waals surface area (Å²) in [5.41, 5.74) is 0. The number of rotatable bonds is 3. The summed E-state index contributed by atoms with van der Waals surface area (Å²) in [5, 5.41) is 11.9. The fourth-order valence-corrected chi connectivity index (χ4v) is 1.55. The van der Waals surface area contributed by atoms with Gasteiger partial charge in [0.1, 0.15) is 0 Å². The lowest BCUT2D eigenvalue weighted by molar-refractivity contribution is 0.171. The van der Waals surface area contributed by atoms with E-state index in [2.05, 4.69) is 10.2 Å². The maximum absolute atomic E-state index is 8.67. The Labute approximate surface area is 62.0 Å². The monoisotopic (exact) mass is 144 g/mol. The molecule has 3 nitrogen and oxygen atoms in total. The Morgan fingerprint density at radius 3 is 3.10 bits per heavy atom. The molecule has 1 atom stereocenters. The number of aliphatic hydroxyl groups excluding tert-OH is 1. The van der Waals surface area contributed by atoms with Gasteiger partial charge in [0.2, 0.25) is 0 Å². The number of β-amino-alcohol motifs (C(OH)–C–C–N with tert-alkyl or cyclic N) is 1. The Balaban J connectivity index is 2.27. The van der Waals surface area contributed by atoms with Crippen molar-refractivity contribution >= 4 is 0 Å². The highest BCUT2D eigenvalue weighted by Gasteiger charge is 2.21. The molecule has 0 bridgehead atoms. The smallest absolute Gasteiger partial charge is 0.0595 e. The highest BCUT2D eigenvalue weighted by Crippen LogP contribution is 2.12. The normalized spacial score (nSPS) is 27.6. The van der Waals surface area contributed by atoms with E-state index >= 15 is 0 Å². The molecule has 1 aliphatic heterocycles. The molecule has 0 unspecified atom stereocenters. The first kappa shape index (κ1) is 7.98. The topological polar surface area (TPSA) is 35.5 Å². The van der Waals surface area contributed by atoms with Gasteiger partial charge >= 0.3 is 0 Å². The Morgan fingerprint density at radius 2 is 2.50 bits per heavy atom. The fraction of sp³-hybridized carbons (Fsp3) is 1.00. The third kappa shape index (κ3) is 1.68. The number of hydrogen-bond donors (Lipinski definition) is 2.